The number of hydrogen-bond acceptors (Lipinski definition) is 4. The third kappa shape index (κ3) is 3.09. The highest BCUT2D eigenvalue weighted by molar-refractivity contribution is 5.92. The number of pyridine rings is 1. The van der Waals surface area contributed by atoms with Crippen molar-refractivity contribution in [3.63, 3.8) is 0 Å². The molecule has 158 valence electrons. The molecule has 4 aliphatic rings. The SMILES string of the molecule is C[C@]12CC[C@@H](O)CC1C[C@@H](O)[C@@H]1C2CC[C@]2(C)/C(=N/Cc3ccccn3)CC[C@@H]12. The second-order valence-corrected chi connectivity index (χ2v) is 10.8. The molecule has 2 unspecified atom stereocenters. The standard InChI is InChI=1S/C25H36N2O2/c1-24-10-8-18(28)13-16(24)14-21(29)23-19-6-7-22(25(19,2)11-9-20(23)24)27-15-17-5-3-4-12-26-17/h3-5,12,16,18-21,23,28-29H,6-11,13-15H2,1-2H3/b27-22+/t16?,18-,19+,20?,21-,23+,24+,25+/m1/s1. The lowest BCUT2D eigenvalue weighted by Crippen LogP contribution is -2.58. The van der Waals surface area contributed by atoms with Crippen LogP contribution in [-0.2, 0) is 6.54 Å². The first-order valence-corrected chi connectivity index (χ1v) is 11.7. The summed E-state index contributed by atoms with van der Waals surface area (Å²) in [4.78, 5) is 9.50. The van der Waals surface area contributed by atoms with Gasteiger partial charge in [-0.1, -0.05) is 19.9 Å². The maximum atomic E-state index is 11.3. The lowest BCUT2D eigenvalue weighted by atomic mass is 9.44. The van der Waals surface area contributed by atoms with Gasteiger partial charge in [0.15, 0.2) is 0 Å². The second kappa shape index (κ2) is 7.16. The van der Waals surface area contributed by atoms with Gasteiger partial charge in [-0.25, -0.2) is 0 Å². The monoisotopic (exact) mass is 396 g/mol. The van der Waals surface area contributed by atoms with E-state index in [9.17, 15) is 10.2 Å². The van der Waals surface area contributed by atoms with Crippen LogP contribution in [-0.4, -0.2) is 33.1 Å². The fraction of sp³-hybridized carbons (Fsp3) is 0.760. The van der Waals surface area contributed by atoms with Gasteiger partial charge in [-0.15, -0.1) is 0 Å². The molecular formula is C25H36N2O2. The van der Waals surface area contributed by atoms with Crippen molar-refractivity contribution in [3.8, 4) is 0 Å². The zero-order valence-corrected chi connectivity index (χ0v) is 17.9. The van der Waals surface area contributed by atoms with Crippen LogP contribution in [0.3, 0.4) is 0 Å². The van der Waals surface area contributed by atoms with Gasteiger partial charge in [0.25, 0.3) is 0 Å². The number of aliphatic imine (C=N–C) groups is 1. The Labute approximate surface area is 174 Å². The molecule has 1 aromatic heterocycles. The average Bonchev–Trinajstić information content (AvgIpc) is 3.05. The fourth-order valence-corrected chi connectivity index (χ4v) is 7.92. The van der Waals surface area contributed by atoms with Crippen LogP contribution in [0.25, 0.3) is 0 Å². The summed E-state index contributed by atoms with van der Waals surface area (Å²) >= 11 is 0. The number of aliphatic hydroxyl groups is 2. The summed E-state index contributed by atoms with van der Waals surface area (Å²) in [6, 6.07) is 6.04. The summed E-state index contributed by atoms with van der Waals surface area (Å²) in [7, 11) is 0. The number of fused-ring (bicyclic) bond motifs is 5. The highest BCUT2D eigenvalue weighted by Crippen LogP contribution is 2.65. The first kappa shape index (κ1) is 19.7. The van der Waals surface area contributed by atoms with Crippen molar-refractivity contribution in [3.05, 3.63) is 30.1 Å². The molecule has 0 spiro atoms. The smallest absolute Gasteiger partial charge is 0.0811 e. The van der Waals surface area contributed by atoms with E-state index in [2.05, 4.69) is 24.9 Å². The molecule has 0 saturated heterocycles. The van der Waals surface area contributed by atoms with Crippen molar-refractivity contribution in [1.82, 2.24) is 4.98 Å². The van der Waals surface area contributed by atoms with E-state index in [1.807, 2.05) is 18.3 Å². The first-order valence-electron chi connectivity index (χ1n) is 11.7. The maximum Gasteiger partial charge on any atom is 0.0811 e. The van der Waals surface area contributed by atoms with Crippen molar-refractivity contribution in [2.24, 2.45) is 39.5 Å². The normalized spacial score (nSPS) is 48.1. The lowest BCUT2D eigenvalue weighted by Gasteiger charge is -2.61. The Hall–Kier alpha value is -1.26. The van der Waals surface area contributed by atoms with Crippen molar-refractivity contribution in [2.75, 3.05) is 0 Å². The predicted molar refractivity (Wildman–Crippen MR) is 114 cm³/mol. The van der Waals surface area contributed by atoms with E-state index in [1.165, 1.54) is 25.0 Å². The van der Waals surface area contributed by atoms with Gasteiger partial charge >= 0.3 is 0 Å². The summed E-state index contributed by atoms with van der Waals surface area (Å²) in [6.07, 6.45) is 9.90. The molecule has 4 aliphatic carbocycles. The largest absolute Gasteiger partial charge is 0.393 e. The van der Waals surface area contributed by atoms with Crippen LogP contribution in [0.4, 0.5) is 0 Å². The zero-order valence-electron chi connectivity index (χ0n) is 17.9. The van der Waals surface area contributed by atoms with Gasteiger partial charge in [0.1, 0.15) is 0 Å². The number of rotatable bonds is 2. The van der Waals surface area contributed by atoms with E-state index in [-0.39, 0.29) is 23.0 Å². The topological polar surface area (TPSA) is 65.7 Å². The van der Waals surface area contributed by atoms with E-state index in [0.717, 1.165) is 37.8 Å². The number of aromatic nitrogens is 1. The van der Waals surface area contributed by atoms with Crippen LogP contribution < -0.4 is 0 Å². The molecule has 0 radical (unpaired) electrons. The molecule has 4 nitrogen and oxygen atoms in total. The Morgan fingerprint density at radius 3 is 2.72 bits per heavy atom. The molecule has 4 heteroatoms. The Bertz CT molecular complexity index is 780. The second-order valence-electron chi connectivity index (χ2n) is 10.8. The average molecular weight is 397 g/mol. The number of nitrogens with zero attached hydrogens (tertiary/aromatic N) is 2. The summed E-state index contributed by atoms with van der Waals surface area (Å²) in [5.41, 5.74) is 2.83. The molecule has 29 heavy (non-hydrogen) atoms. The van der Waals surface area contributed by atoms with Crippen molar-refractivity contribution in [2.45, 2.75) is 84.0 Å². The maximum absolute atomic E-state index is 11.3. The van der Waals surface area contributed by atoms with Crippen LogP contribution in [0.1, 0.15) is 70.9 Å². The third-order valence-electron chi connectivity index (χ3n) is 9.55. The quantitative estimate of drug-likeness (QED) is 0.779. The lowest BCUT2D eigenvalue weighted by molar-refractivity contribution is -0.162. The molecule has 0 aromatic carbocycles. The number of hydrogen-bond donors (Lipinski definition) is 2. The van der Waals surface area contributed by atoms with Crippen molar-refractivity contribution >= 4 is 5.71 Å². The van der Waals surface area contributed by atoms with E-state index in [4.69, 9.17) is 4.99 Å². The van der Waals surface area contributed by atoms with Crippen molar-refractivity contribution in [1.29, 1.82) is 0 Å². The van der Waals surface area contributed by atoms with Crippen LogP contribution in [0.2, 0.25) is 0 Å². The molecule has 4 saturated carbocycles. The summed E-state index contributed by atoms with van der Waals surface area (Å²) in [5, 5.41) is 21.5. The molecule has 2 N–H and O–H groups in total. The predicted octanol–water partition coefficient (Wildman–Crippen LogP) is 4.40. The highest BCUT2D eigenvalue weighted by Gasteiger charge is 2.61. The number of aliphatic hydroxyl groups excluding tert-OH is 2. The highest BCUT2D eigenvalue weighted by atomic mass is 16.3. The summed E-state index contributed by atoms with van der Waals surface area (Å²) < 4.78 is 0. The molecule has 0 bridgehead atoms. The molecule has 8 atom stereocenters. The molecule has 1 heterocycles. The Morgan fingerprint density at radius 2 is 1.93 bits per heavy atom. The van der Waals surface area contributed by atoms with E-state index in [1.54, 1.807) is 0 Å². The van der Waals surface area contributed by atoms with Crippen molar-refractivity contribution < 1.29 is 10.2 Å². The third-order valence-corrected chi connectivity index (χ3v) is 9.55. The van der Waals surface area contributed by atoms with Gasteiger partial charge in [-0.3, -0.25) is 9.98 Å². The van der Waals surface area contributed by atoms with Gasteiger partial charge in [-0.05, 0) is 92.6 Å². The summed E-state index contributed by atoms with van der Waals surface area (Å²) in [6.45, 7) is 5.57. The molecule has 0 aliphatic heterocycles. The van der Waals surface area contributed by atoms with Gasteiger partial charge in [0.2, 0.25) is 0 Å². The molecule has 1 aromatic rings. The zero-order chi connectivity index (χ0) is 20.2. The first-order chi connectivity index (χ1) is 13.9. The molecule has 0 amide bonds. The minimum Gasteiger partial charge on any atom is -0.393 e. The minimum atomic E-state index is -0.219. The Morgan fingerprint density at radius 1 is 1.07 bits per heavy atom. The van der Waals surface area contributed by atoms with E-state index in [0.29, 0.717) is 30.2 Å². The molecule has 4 fully saturated rings. The van der Waals surface area contributed by atoms with Crippen LogP contribution in [0, 0.1) is 34.5 Å². The van der Waals surface area contributed by atoms with Crippen LogP contribution in [0.5, 0.6) is 0 Å². The fourth-order valence-electron chi connectivity index (χ4n) is 7.92. The van der Waals surface area contributed by atoms with Gasteiger partial charge in [0, 0.05) is 17.3 Å². The van der Waals surface area contributed by atoms with E-state index < -0.39 is 0 Å². The Balaban J connectivity index is 1.40. The van der Waals surface area contributed by atoms with Gasteiger partial charge in [-0.2, -0.15) is 0 Å². The molecular weight excluding hydrogens is 360 g/mol. The molecule has 5 rings (SSSR count). The summed E-state index contributed by atoms with van der Waals surface area (Å²) in [5.74, 6) is 2.01. The van der Waals surface area contributed by atoms with Crippen LogP contribution in [0.15, 0.2) is 29.4 Å². The van der Waals surface area contributed by atoms with Gasteiger partial charge in [0.05, 0.1) is 24.4 Å². The minimum absolute atomic E-state index is 0.133. The Kier molecular flexibility index (Phi) is 4.86. The van der Waals surface area contributed by atoms with Crippen LogP contribution >= 0.6 is 0 Å². The van der Waals surface area contributed by atoms with E-state index >= 15 is 0 Å². The van der Waals surface area contributed by atoms with Gasteiger partial charge < -0.3 is 10.2 Å².